The summed E-state index contributed by atoms with van der Waals surface area (Å²) in [6.45, 7) is 2.58. The monoisotopic (exact) mass is 667 g/mol. The topological polar surface area (TPSA) is 117 Å². The third-order valence-electron chi connectivity index (χ3n) is 8.52. The summed E-state index contributed by atoms with van der Waals surface area (Å²) in [6, 6.07) is 27.0. The number of benzene rings is 3. The van der Waals surface area contributed by atoms with E-state index in [0.29, 0.717) is 17.5 Å². The van der Waals surface area contributed by atoms with E-state index < -0.39 is 41.5 Å². The van der Waals surface area contributed by atoms with Crippen molar-refractivity contribution < 1.29 is 42.2 Å². The Balaban J connectivity index is 0.000000559. The number of aliphatic imine (C=N–C) groups is 1. The van der Waals surface area contributed by atoms with Crippen molar-refractivity contribution in [2.75, 3.05) is 13.7 Å². The van der Waals surface area contributed by atoms with E-state index in [2.05, 4.69) is 31.2 Å². The fourth-order valence-electron chi connectivity index (χ4n) is 6.45. The molecule has 0 radical (unpaired) electrons. The Bertz CT molecular complexity index is 1670. The van der Waals surface area contributed by atoms with Crippen LogP contribution in [0.1, 0.15) is 22.3 Å². The number of fused-ring (bicyclic) bond motifs is 3. The zero-order valence-electron chi connectivity index (χ0n) is 25.5. The number of imide groups is 1. The van der Waals surface area contributed by atoms with Crippen LogP contribution in [0.15, 0.2) is 89.9 Å². The molecule has 1 N–H and O–H groups in total. The van der Waals surface area contributed by atoms with Crippen LogP contribution in [-0.4, -0.2) is 75.2 Å². The van der Waals surface area contributed by atoms with Crippen LogP contribution in [0.2, 0.25) is 0 Å². The lowest BCUT2D eigenvalue weighted by Gasteiger charge is -2.40. The molecule has 0 bridgehead atoms. The highest BCUT2D eigenvalue weighted by atomic mass is 32.2. The number of carboxylic acids is 1. The fraction of sp³-hybridized carbons (Fsp3) is 0.324. The normalized spacial score (nSPS) is 23.1. The zero-order chi connectivity index (χ0) is 33.9. The molecular weight excluding hydrogens is 635 g/mol. The first-order valence-corrected chi connectivity index (χ1v) is 15.7. The summed E-state index contributed by atoms with van der Waals surface area (Å²) in [6.07, 6.45) is -4.85. The van der Waals surface area contributed by atoms with Crippen molar-refractivity contribution in [1.82, 2.24) is 9.80 Å². The summed E-state index contributed by atoms with van der Waals surface area (Å²) in [4.78, 5) is 59.2. The largest absolute Gasteiger partial charge is 0.490 e. The molecule has 47 heavy (non-hydrogen) atoms. The van der Waals surface area contributed by atoms with Crippen molar-refractivity contribution in [2.24, 2.45) is 16.8 Å². The number of hydrogen-bond acceptors (Lipinski definition) is 8. The first-order chi connectivity index (χ1) is 22.4. The van der Waals surface area contributed by atoms with Gasteiger partial charge in [-0.3, -0.25) is 19.5 Å². The second kappa shape index (κ2) is 13.6. The predicted molar refractivity (Wildman–Crippen MR) is 168 cm³/mol. The molecule has 3 aliphatic rings. The van der Waals surface area contributed by atoms with Crippen molar-refractivity contribution >= 4 is 40.7 Å². The SMILES string of the molecule is COC(=O)[C@@]1(Cc2ccccc2)[C@H]2C(=O)N(Cc3ccccc3)C(=O)[C@H]2[C@H]2CN=C(SCc3ccc(C)cc3)N21.O=C(O)C(F)(F)F. The number of aryl methyl sites for hydroxylation is 1. The van der Waals surface area contributed by atoms with E-state index in [1.807, 2.05) is 65.6 Å². The minimum atomic E-state index is -5.08. The van der Waals surface area contributed by atoms with Crippen LogP contribution in [0.25, 0.3) is 0 Å². The molecule has 6 rings (SSSR count). The molecule has 3 aromatic carbocycles. The number of carbonyl (C=O) groups excluding carboxylic acids is 3. The van der Waals surface area contributed by atoms with E-state index in [1.165, 1.54) is 29.3 Å². The molecule has 0 aromatic heterocycles. The number of carbonyl (C=O) groups is 4. The van der Waals surface area contributed by atoms with Gasteiger partial charge in [0.15, 0.2) is 10.7 Å². The highest BCUT2D eigenvalue weighted by Crippen LogP contribution is 2.54. The molecule has 13 heteroatoms. The highest BCUT2D eigenvalue weighted by molar-refractivity contribution is 8.13. The Morgan fingerprint density at radius 3 is 2.06 bits per heavy atom. The van der Waals surface area contributed by atoms with Gasteiger partial charge in [0.1, 0.15) is 0 Å². The Labute approximate surface area is 273 Å². The van der Waals surface area contributed by atoms with Gasteiger partial charge in [0.2, 0.25) is 11.8 Å². The maximum atomic E-state index is 14.2. The van der Waals surface area contributed by atoms with Gasteiger partial charge in [-0.15, -0.1) is 0 Å². The molecular formula is C34H32F3N3O6S. The van der Waals surface area contributed by atoms with Gasteiger partial charge in [-0.25, -0.2) is 9.59 Å². The number of alkyl halides is 3. The molecule has 2 saturated heterocycles. The van der Waals surface area contributed by atoms with Crippen LogP contribution in [0, 0.1) is 18.8 Å². The lowest BCUT2D eigenvalue weighted by atomic mass is 9.76. The second-order valence-corrected chi connectivity index (χ2v) is 12.4. The molecule has 0 unspecified atom stereocenters. The van der Waals surface area contributed by atoms with Crippen molar-refractivity contribution in [1.29, 1.82) is 0 Å². The maximum Gasteiger partial charge on any atom is 0.490 e. The van der Waals surface area contributed by atoms with Gasteiger partial charge in [0, 0.05) is 12.2 Å². The van der Waals surface area contributed by atoms with Crippen molar-refractivity contribution in [2.45, 2.75) is 43.4 Å². The quantitative estimate of drug-likeness (QED) is 0.280. The number of methoxy groups -OCH3 is 1. The van der Waals surface area contributed by atoms with Gasteiger partial charge in [-0.1, -0.05) is 102 Å². The van der Waals surface area contributed by atoms with E-state index in [-0.39, 0.29) is 24.8 Å². The minimum Gasteiger partial charge on any atom is -0.475 e. The van der Waals surface area contributed by atoms with Gasteiger partial charge in [-0.05, 0) is 23.6 Å². The first-order valence-electron chi connectivity index (χ1n) is 14.7. The van der Waals surface area contributed by atoms with Gasteiger partial charge in [-0.2, -0.15) is 13.2 Å². The highest BCUT2D eigenvalue weighted by Gasteiger charge is 2.73. The fourth-order valence-corrected chi connectivity index (χ4v) is 7.54. The number of amidine groups is 1. The molecule has 0 spiro atoms. The molecule has 3 aliphatic heterocycles. The molecule has 2 amide bonds. The third-order valence-corrected chi connectivity index (χ3v) is 9.58. The number of amides is 2. The second-order valence-electron chi connectivity index (χ2n) is 11.5. The Morgan fingerprint density at radius 2 is 1.51 bits per heavy atom. The number of nitrogens with zero attached hydrogens (tertiary/aromatic N) is 3. The predicted octanol–water partition coefficient (Wildman–Crippen LogP) is 4.87. The summed E-state index contributed by atoms with van der Waals surface area (Å²) in [5.74, 6) is -4.73. The van der Waals surface area contributed by atoms with Gasteiger partial charge in [0.05, 0.1) is 38.1 Å². The van der Waals surface area contributed by atoms with E-state index in [0.717, 1.165) is 16.7 Å². The van der Waals surface area contributed by atoms with Crippen LogP contribution < -0.4 is 0 Å². The Hall–Kier alpha value is -4.65. The number of halogens is 3. The van der Waals surface area contributed by atoms with Crippen LogP contribution >= 0.6 is 11.8 Å². The number of ether oxygens (including phenoxy) is 1. The summed E-state index contributed by atoms with van der Waals surface area (Å²) in [5, 5.41) is 7.80. The van der Waals surface area contributed by atoms with E-state index in [4.69, 9.17) is 19.6 Å². The summed E-state index contributed by atoms with van der Waals surface area (Å²) >= 11 is 1.54. The van der Waals surface area contributed by atoms with Crippen LogP contribution in [0.4, 0.5) is 13.2 Å². The molecule has 9 nitrogen and oxygen atoms in total. The number of aliphatic carboxylic acids is 1. The van der Waals surface area contributed by atoms with Crippen LogP contribution in [0.5, 0.6) is 0 Å². The molecule has 0 saturated carbocycles. The summed E-state index contributed by atoms with van der Waals surface area (Å²) in [5.41, 5.74) is 2.69. The Kier molecular flexibility index (Phi) is 9.76. The maximum absolute atomic E-state index is 14.2. The smallest absolute Gasteiger partial charge is 0.475 e. The molecule has 2 fully saturated rings. The van der Waals surface area contributed by atoms with E-state index in [9.17, 15) is 27.6 Å². The van der Waals surface area contributed by atoms with E-state index >= 15 is 0 Å². The standard InChI is InChI=1S/C32H31N3O4S.C2HF3O2/c1-21-13-15-24(16-14-21)20-40-31-33-18-25-26-27(29(37)34(28(26)36)19-23-11-7-4-8-12-23)32(35(25)31,30(38)39-2)17-22-9-5-3-6-10-22;3-2(4,5)1(6)7/h3-16,25-27H,17-20H2,1-2H3;(H,6,7)/t25-,26+,27-,32-;/m1./s1. The van der Waals surface area contributed by atoms with Crippen LogP contribution in [0.3, 0.4) is 0 Å². The first kappa shape index (κ1) is 33.7. The summed E-state index contributed by atoms with van der Waals surface area (Å²) in [7, 11) is 1.35. The van der Waals surface area contributed by atoms with Gasteiger partial charge >= 0.3 is 18.1 Å². The number of esters is 1. The average molecular weight is 668 g/mol. The number of rotatable bonds is 7. The van der Waals surface area contributed by atoms with Crippen molar-refractivity contribution in [3.63, 3.8) is 0 Å². The molecule has 3 aromatic rings. The lowest BCUT2D eigenvalue weighted by Crippen LogP contribution is -2.61. The average Bonchev–Trinajstić information content (AvgIpc) is 3.67. The number of hydrogen-bond donors (Lipinski definition) is 1. The lowest BCUT2D eigenvalue weighted by molar-refractivity contribution is -0.192. The molecule has 3 heterocycles. The molecule has 4 atom stereocenters. The van der Waals surface area contributed by atoms with Crippen molar-refractivity contribution in [3.05, 3.63) is 107 Å². The third kappa shape index (κ3) is 6.62. The van der Waals surface area contributed by atoms with E-state index in [1.54, 1.807) is 0 Å². The Morgan fingerprint density at radius 1 is 0.936 bits per heavy atom. The minimum absolute atomic E-state index is 0.177. The zero-order valence-corrected chi connectivity index (χ0v) is 26.3. The number of carboxylic acid groups (broad SMARTS) is 1. The molecule has 0 aliphatic carbocycles. The van der Waals surface area contributed by atoms with Crippen molar-refractivity contribution in [3.8, 4) is 0 Å². The number of thioether (sulfide) groups is 1. The van der Waals surface area contributed by atoms with Gasteiger partial charge in [0.25, 0.3) is 0 Å². The van der Waals surface area contributed by atoms with Gasteiger partial charge < -0.3 is 14.7 Å². The molecule has 246 valence electrons. The summed E-state index contributed by atoms with van der Waals surface area (Å²) < 4.78 is 37.2. The van der Waals surface area contributed by atoms with Crippen LogP contribution in [-0.2, 0) is 42.6 Å². The number of likely N-dealkylation sites (tertiary alicyclic amines) is 1.